The Hall–Kier alpha value is -1.39. The van der Waals surface area contributed by atoms with Crippen LogP contribution in [0.4, 0.5) is 0 Å². The largest absolute Gasteiger partial charge is 0.465 e. The summed E-state index contributed by atoms with van der Waals surface area (Å²) in [5.74, 6) is -0.433. The quantitative estimate of drug-likeness (QED) is 0.619. The summed E-state index contributed by atoms with van der Waals surface area (Å²) >= 11 is 9.43. The van der Waals surface area contributed by atoms with Gasteiger partial charge in [-0.3, -0.25) is 0 Å². The number of hydrogen-bond acceptors (Lipinski definition) is 3. The van der Waals surface area contributed by atoms with Gasteiger partial charge in [-0.25, -0.2) is 9.78 Å². The van der Waals surface area contributed by atoms with Gasteiger partial charge in [0.1, 0.15) is 5.15 Å². The highest BCUT2D eigenvalue weighted by atomic mass is 79.9. The Morgan fingerprint density at radius 3 is 2.56 bits per heavy atom. The number of esters is 1. The van der Waals surface area contributed by atoms with Gasteiger partial charge in [0.05, 0.1) is 12.7 Å². The van der Waals surface area contributed by atoms with Crippen LogP contribution in [0.3, 0.4) is 0 Å². The molecule has 0 atom stereocenters. The second-order valence-electron chi connectivity index (χ2n) is 3.52. The highest BCUT2D eigenvalue weighted by Crippen LogP contribution is 2.31. The number of halogens is 2. The van der Waals surface area contributed by atoms with Gasteiger partial charge in [-0.05, 0) is 23.8 Å². The van der Waals surface area contributed by atoms with Crippen LogP contribution >= 0.6 is 27.5 Å². The van der Waals surface area contributed by atoms with Crippen molar-refractivity contribution in [1.82, 2.24) is 4.98 Å². The van der Waals surface area contributed by atoms with Crippen molar-refractivity contribution in [2.45, 2.75) is 0 Å². The van der Waals surface area contributed by atoms with E-state index in [1.807, 2.05) is 24.3 Å². The van der Waals surface area contributed by atoms with Gasteiger partial charge in [0.25, 0.3) is 0 Å². The van der Waals surface area contributed by atoms with E-state index in [4.69, 9.17) is 16.3 Å². The monoisotopic (exact) mass is 325 g/mol. The Kier molecular flexibility index (Phi) is 3.99. The molecule has 0 unspecified atom stereocenters. The molecule has 1 aromatic carbocycles. The van der Waals surface area contributed by atoms with E-state index in [1.54, 1.807) is 6.07 Å². The van der Waals surface area contributed by atoms with E-state index >= 15 is 0 Å². The smallest absolute Gasteiger partial charge is 0.338 e. The van der Waals surface area contributed by atoms with E-state index in [0.29, 0.717) is 11.1 Å². The lowest BCUT2D eigenvalue weighted by molar-refractivity contribution is 0.0601. The maximum atomic E-state index is 11.7. The number of carbonyl (C=O) groups is 1. The molecule has 1 heterocycles. The molecular weight excluding hydrogens is 318 g/mol. The number of rotatable bonds is 2. The summed E-state index contributed by atoms with van der Waals surface area (Å²) in [4.78, 5) is 15.7. The summed E-state index contributed by atoms with van der Waals surface area (Å²) in [6.07, 6.45) is 1.48. The lowest BCUT2D eigenvalue weighted by Crippen LogP contribution is -2.04. The molecule has 1 aromatic heterocycles. The lowest BCUT2D eigenvalue weighted by Gasteiger charge is -2.09. The standard InChI is InChI=1S/C13H9BrClNO2/c1-18-13(17)10-6-7-16-12(15)11(10)8-2-4-9(14)5-3-8/h2-7H,1H3. The van der Waals surface area contributed by atoms with Gasteiger partial charge in [-0.2, -0.15) is 0 Å². The Labute approximate surface area is 118 Å². The van der Waals surface area contributed by atoms with Crippen molar-refractivity contribution in [3.05, 3.63) is 51.7 Å². The van der Waals surface area contributed by atoms with Crippen LogP contribution in [0.2, 0.25) is 5.15 Å². The van der Waals surface area contributed by atoms with Crippen molar-refractivity contribution >= 4 is 33.5 Å². The Bertz CT molecular complexity index is 584. The van der Waals surface area contributed by atoms with Gasteiger partial charge >= 0.3 is 5.97 Å². The minimum Gasteiger partial charge on any atom is -0.465 e. The first-order valence-electron chi connectivity index (χ1n) is 5.12. The van der Waals surface area contributed by atoms with Gasteiger partial charge in [-0.1, -0.05) is 39.7 Å². The molecule has 0 bridgehead atoms. The first-order valence-corrected chi connectivity index (χ1v) is 6.29. The molecule has 0 aliphatic rings. The predicted octanol–water partition coefficient (Wildman–Crippen LogP) is 3.95. The Balaban J connectivity index is 2.62. The van der Waals surface area contributed by atoms with Gasteiger partial charge in [0, 0.05) is 16.2 Å². The molecule has 0 fully saturated rings. The van der Waals surface area contributed by atoms with Crippen LogP contribution in [0.1, 0.15) is 10.4 Å². The highest BCUT2D eigenvalue weighted by Gasteiger charge is 2.16. The molecule has 0 aliphatic heterocycles. The van der Waals surface area contributed by atoms with Crippen LogP contribution in [-0.2, 0) is 4.74 Å². The zero-order valence-electron chi connectivity index (χ0n) is 9.48. The normalized spacial score (nSPS) is 10.2. The molecule has 0 amide bonds. The molecule has 0 radical (unpaired) electrons. The van der Waals surface area contributed by atoms with Crippen molar-refractivity contribution in [3.8, 4) is 11.1 Å². The molecule has 2 rings (SSSR count). The molecule has 0 saturated carbocycles. The third-order valence-corrected chi connectivity index (χ3v) is 3.26. The number of methoxy groups -OCH3 is 1. The van der Waals surface area contributed by atoms with Gasteiger partial charge in [-0.15, -0.1) is 0 Å². The molecule has 3 nitrogen and oxygen atoms in total. The van der Waals surface area contributed by atoms with E-state index in [1.165, 1.54) is 13.3 Å². The van der Waals surface area contributed by atoms with Crippen LogP contribution in [0.15, 0.2) is 41.0 Å². The van der Waals surface area contributed by atoms with Crippen molar-refractivity contribution in [1.29, 1.82) is 0 Å². The second-order valence-corrected chi connectivity index (χ2v) is 4.80. The maximum absolute atomic E-state index is 11.7. The van der Waals surface area contributed by atoms with E-state index in [-0.39, 0.29) is 5.15 Å². The summed E-state index contributed by atoms with van der Waals surface area (Å²) in [6.45, 7) is 0. The number of hydrogen-bond donors (Lipinski definition) is 0. The van der Waals surface area contributed by atoms with E-state index in [2.05, 4.69) is 20.9 Å². The van der Waals surface area contributed by atoms with Gasteiger partial charge in [0.15, 0.2) is 0 Å². The average molecular weight is 327 g/mol. The van der Waals surface area contributed by atoms with E-state index < -0.39 is 5.97 Å². The lowest BCUT2D eigenvalue weighted by atomic mass is 10.0. The third-order valence-electron chi connectivity index (χ3n) is 2.44. The Morgan fingerprint density at radius 2 is 1.94 bits per heavy atom. The minimum absolute atomic E-state index is 0.278. The topological polar surface area (TPSA) is 39.2 Å². The minimum atomic E-state index is -0.433. The van der Waals surface area contributed by atoms with Crippen molar-refractivity contribution in [2.24, 2.45) is 0 Å². The fourth-order valence-electron chi connectivity index (χ4n) is 1.61. The molecule has 0 saturated heterocycles. The molecule has 0 spiro atoms. The van der Waals surface area contributed by atoms with Crippen LogP contribution in [0.25, 0.3) is 11.1 Å². The summed E-state index contributed by atoms with van der Waals surface area (Å²) in [6, 6.07) is 9.06. The molecular formula is C13H9BrClNO2. The Morgan fingerprint density at radius 1 is 1.28 bits per heavy atom. The number of ether oxygens (including phenoxy) is 1. The zero-order valence-corrected chi connectivity index (χ0v) is 11.8. The molecule has 18 heavy (non-hydrogen) atoms. The number of nitrogens with zero attached hydrogens (tertiary/aromatic N) is 1. The first kappa shape index (κ1) is 13.1. The SMILES string of the molecule is COC(=O)c1ccnc(Cl)c1-c1ccc(Br)cc1. The molecule has 0 N–H and O–H groups in total. The third kappa shape index (κ3) is 2.54. The summed E-state index contributed by atoms with van der Waals surface area (Å²) < 4.78 is 5.69. The number of carbonyl (C=O) groups excluding carboxylic acids is 1. The van der Waals surface area contributed by atoms with Crippen LogP contribution < -0.4 is 0 Å². The molecule has 92 valence electrons. The summed E-state index contributed by atoms with van der Waals surface area (Å²) in [5.41, 5.74) is 1.80. The zero-order chi connectivity index (χ0) is 13.1. The van der Waals surface area contributed by atoms with E-state index in [0.717, 1.165) is 10.0 Å². The van der Waals surface area contributed by atoms with Gasteiger partial charge in [0.2, 0.25) is 0 Å². The fraction of sp³-hybridized carbons (Fsp3) is 0.0769. The molecule has 5 heteroatoms. The van der Waals surface area contributed by atoms with Crippen LogP contribution in [-0.4, -0.2) is 18.1 Å². The van der Waals surface area contributed by atoms with Crippen molar-refractivity contribution < 1.29 is 9.53 Å². The maximum Gasteiger partial charge on any atom is 0.338 e. The molecule has 2 aromatic rings. The summed E-state index contributed by atoms with van der Waals surface area (Å²) in [7, 11) is 1.34. The average Bonchev–Trinajstić information content (AvgIpc) is 2.39. The highest BCUT2D eigenvalue weighted by molar-refractivity contribution is 9.10. The van der Waals surface area contributed by atoms with Gasteiger partial charge < -0.3 is 4.74 Å². The van der Waals surface area contributed by atoms with Crippen molar-refractivity contribution in [3.63, 3.8) is 0 Å². The number of benzene rings is 1. The fourth-order valence-corrected chi connectivity index (χ4v) is 2.14. The number of pyridine rings is 1. The summed E-state index contributed by atoms with van der Waals surface area (Å²) in [5, 5.41) is 0.278. The second kappa shape index (κ2) is 5.50. The predicted molar refractivity (Wildman–Crippen MR) is 73.7 cm³/mol. The number of aromatic nitrogens is 1. The van der Waals surface area contributed by atoms with Crippen LogP contribution in [0.5, 0.6) is 0 Å². The first-order chi connectivity index (χ1) is 8.63. The van der Waals surface area contributed by atoms with E-state index in [9.17, 15) is 4.79 Å². The van der Waals surface area contributed by atoms with Crippen LogP contribution in [0, 0.1) is 0 Å². The molecule has 0 aliphatic carbocycles. The van der Waals surface area contributed by atoms with Crippen molar-refractivity contribution in [2.75, 3.05) is 7.11 Å².